The van der Waals surface area contributed by atoms with Gasteiger partial charge in [-0.2, -0.15) is 0 Å². The fourth-order valence-electron chi connectivity index (χ4n) is 3.79. The number of fused-ring (bicyclic) bond motifs is 4. The van der Waals surface area contributed by atoms with E-state index in [9.17, 15) is 0 Å². The zero-order valence-corrected chi connectivity index (χ0v) is 16.5. The lowest BCUT2D eigenvalue weighted by atomic mass is 9.94. The molecule has 2 aromatic rings. The number of aromatic nitrogens is 1. The van der Waals surface area contributed by atoms with E-state index < -0.39 is 0 Å². The predicted octanol–water partition coefficient (Wildman–Crippen LogP) is 3.69. The molecule has 3 aliphatic heterocycles. The van der Waals surface area contributed by atoms with Gasteiger partial charge in [0.1, 0.15) is 12.4 Å². The highest BCUT2D eigenvalue weighted by Crippen LogP contribution is 2.26. The van der Waals surface area contributed by atoms with Crippen molar-refractivity contribution in [2.24, 2.45) is 5.92 Å². The van der Waals surface area contributed by atoms with Crippen molar-refractivity contribution in [1.82, 2.24) is 15.2 Å². The first-order chi connectivity index (χ1) is 11.9. The molecular weight excluding hydrogens is 369 g/mol. The van der Waals surface area contributed by atoms with Gasteiger partial charge >= 0.3 is 0 Å². The Bertz CT molecular complexity index is 650. The predicted molar refractivity (Wildman–Crippen MR) is 109 cm³/mol. The lowest BCUT2D eigenvalue weighted by molar-refractivity contribution is 0.126. The molecule has 3 aliphatic rings. The maximum Gasteiger partial charge on any atom is 0.130 e. The molecule has 0 radical (unpaired) electrons. The van der Waals surface area contributed by atoms with Crippen molar-refractivity contribution in [1.29, 1.82) is 0 Å². The van der Waals surface area contributed by atoms with E-state index in [0.717, 1.165) is 30.5 Å². The van der Waals surface area contributed by atoms with Crippen LogP contribution in [0.5, 0.6) is 5.75 Å². The monoisotopic (exact) mass is 395 g/mol. The number of hydrogen-bond acceptors (Lipinski definition) is 4. The van der Waals surface area contributed by atoms with Crippen LogP contribution in [0.4, 0.5) is 0 Å². The molecular formula is C20H27Cl2N3O. The van der Waals surface area contributed by atoms with Gasteiger partial charge in [-0.05, 0) is 55.1 Å². The number of nitrogens with zero attached hydrogens (tertiary/aromatic N) is 2. The number of benzene rings is 1. The molecule has 3 fully saturated rings. The number of ether oxygens (including phenoxy) is 1. The molecule has 1 aromatic heterocycles. The second-order valence-corrected chi connectivity index (χ2v) is 6.94. The molecule has 5 rings (SSSR count). The Morgan fingerprint density at radius 1 is 1.04 bits per heavy atom. The Balaban J connectivity index is 0.00000121. The third-order valence-electron chi connectivity index (χ3n) is 5.15. The second kappa shape index (κ2) is 10.1. The summed E-state index contributed by atoms with van der Waals surface area (Å²) in [4.78, 5) is 6.93. The SMILES string of the molecule is Cl.Cl.c1ccc(COc2ccc(CN3C[C@@H]4CC[C@H]3CNC4)cc2)nc1. The number of nitrogens with one attached hydrogen (secondary N) is 1. The van der Waals surface area contributed by atoms with Crippen LogP contribution in [0.2, 0.25) is 0 Å². The zero-order chi connectivity index (χ0) is 16.2. The maximum absolute atomic E-state index is 5.82. The fourth-order valence-corrected chi connectivity index (χ4v) is 3.79. The van der Waals surface area contributed by atoms with Crippen LogP contribution in [-0.2, 0) is 13.2 Å². The molecule has 2 bridgehead atoms. The van der Waals surface area contributed by atoms with Crippen LogP contribution in [0.15, 0.2) is 48.7 Å². The zero-order valence-electron chi connectivity index (χ0n) is 14.8. The minimum atomic E-state index is 0. The van der Waals surface area contributed by atoms with Crippen LogP contribution in [-0.4, -0.2) is 35.6 Å². The normalized spacial score (nSPS) is 22.0. The van der Waals surface area contributed by atoms with Gasteiger partial charge in [0.2, 0.25) is 0 Å². The van der Waals surface area contributed by atoms with Gasteiger partial charge in [0.25, 0.3) is 0 Å². The quantitative estimate of drug-likeness (QED) is 0.837. The molecule has 2 atom stereocenters. The summed E-state index contributed by atoms with van der Waals surface area (Å²) in [5, 5.41) is 3.60. The Hall–Kier alpha value is -1.33. The second-order valence-electron chi connectivity index (χ2n) is 6.94. The van der Waals surface area contributed by atoms with E-state index in [1.54, 1.807) is 6.20 Å². The molecule has 0 amide bonds. The number of halogens is 2. The van der Waals surface area contributed by atoms with Crippen molar-refractivity contribution in [3.8, 4) is 5.75 Å². The first-order valence-electron chi connectivity index (χ1n) is 8.93. The molecule has 6 heteroatoms. The summed E-state index contributed by atoms with van der Waals surface area (Å²) in [5.41, 5.74) is 2.32. The summed E-state index contributed by atoms with van der Waals surface area (Å²) < 4.78 is 5.82. The van der Waals surface area contributed by atoms with E-state index in [1.165, 1.54) is 31.5 Å². The van der Waals surface area contributed by atoms with E-state index in [4.69, 9.17) is 4.74 Å². The molecule has 142 valence electrons. The highest BCUT2D eigenvalue weighted by molar-refractivity contribution is 5.85. The number of hydrogen-bond donors (Lipinski definition) is 1. The lowest BCUT2D eigenvalue weighted by Gasteiger charge is -2.36. The fraction of sp³-hybridized carbons (Fsp3) is 0.450. The van der Waals surface area contributed by atoms with Crippen LogP contribution in [0.1, 0.15) is 24.1 Å². The third kappa shape index (κ3) is 5.34. The summed E-state index contributed by atoms with van der Waals surface area (Å²) >= 11 is 0. The van der Waals surface area contributed by atoms with Gasteiger partial charge in [0.05, 0.1) is 5.69 Å². The molecule has 0 spiro atoms. The van der Waals surface area contributed by atoms with Crippen LogP contribution in [0.25, 0.3) is 0 Å². The molecule has 4 nitrogen and oxygen atoms in total. The van der Waals surface area contributed by atoms with E-state index in [-0.39, 0.29) is 24.8 Å². The lowest BCUT2D eigenvalue weighted by Crippen LogP contribution is -2.42. The van der Waals surface area contributed by atoms with E-state index in [0.29, 0.717) is 12.6 Å². The van der Waals surface area contributed by atoms with Crippen molar-refractivity contribution < 1.29 is 4.74 Å². The van der Waals surface area contributed by atoms with E-state index >= 15 is 0 Å². The van der Waals surface area contributed by atoms with Crippen LogP contribution < -0.4 is 10.1 Å². The van der Waals surface area contributed by atoms with Gasteiger partial charge in [0, 0.05) is 31.9 Å². The van der Waals surface area contributed by atoms with Gasteiger partial charge < -0.3 is 10.1 Å². The van der Waals surface area contributed by atoms with Crippen LogP contribution in [0.3, 0.4) is 0 Å². The molecule has 1 N–H and O–H groups in total. The van der Waals surface area contributed by atoms with Gasteiger partial charge in [-0.25, -0.2) is 0 Å². The smallest absolute Gasteiger partial charge is 0.130 e. The molecule has 26 heavy (non-hydrogen) atoms. The summed E-state index contributed by atoms with van der Waals surface area (Å²) in [5.74, 6) is 1.73. The van der Waals surface area contributed by atoms with Gasteiger partial charge in [-0.15, -0.1) is 24.8 Å². The van der Waals surface area contributed by atoms with Crippen LogP contribution in [0, 0.1) is 5.92 Å². The van der Waals surface area contributed by atoms with Crippen molar-refractivity contribution in [2.45, 2.75) is 32.0 Å². The van der Waals surface area contributed by atoms with Gasteiger partial charge in [-0.1, -0.05) is 18.2 Å². The Labute approximate surface area is 168 Å². The van der Waals surface area contributed by atoms with Crippen molar-refractivity contribution in [3.05, 3.63) is 59.9 Å². The first-order valence-corrected chi connectivity index (χ1v) is 8.93. The minimum Gasteiger partial charge on any atom is -0.487 e. The Morgan fingerprint density at radius 2 is 1.88 bits per heavy atom. The molecule has 1 aromatic carbocycles. The van der Waals surface area contributed by atoms with Gasteiger partial charge in [-0.3, -0.25) is 9.88 Å². The summed E-state index contributed by atoms with van der Waals surface area (Å²) in [7, 11) is 0. The standard InChI is InChI=1S/C20H25N3O.2ClH/c1-2-10-22-18(3-1)15-24-20-8-5-16(6-9-20)13-23-14-17-4-7-19(23)12-21-11-17;;/h1-3,5-6,8-10,17,19,21H,4,7,11-15H2;2*1H/t17-,19+;;/m1../s1. The Kier molecular flexibility index (Phi) is 8.16. The first kappa shape index (κ1) is 21.0. The molecule has 0 aliphatic carbocycles. The molecule has 4 heterocycles. The third-order valence-corrected chi connectivity index (χ3v) is 5.15. The molecule has 3 saturated heterocycles. The molecule has 0 unspecified atom stereocenters. The van der Waals surface area contributed by atoms with Crippen molar-refractivity contribution >= 4 is 24.8 Å². The number of pyridine rings is 1. The average molecular weight is 396 g/mol. The summed E-state index contributed by atoms with van der Waals surface area (Å²) in [6, 6.07) is 15.1. The van der Waals surface area contributed by atoms with Crippen molar-refractivity contribution in [2.75, 3.05) is 19.6 Å². The van der Waals surface area contributed by atoms with Gasteiger partial charge in [0.15, 0.2) is 0 Å². The minimum absolute atomic E-state index is 0. The average Bonchev–Trinajstić information content (AvgIpc) is 2.98. The summed E-state index contributed by atoms with van der Waals surface area (Å²) in [6.07, 6.45) is 4.52. The number of rotatable bonds is 5. The van der Waals surface area contributed by atoms with Crippen molar-refractivity contribution in [3.63, 3.8) is 0 Å². The highest BCUT2D eigenvalue weighted by atomic mass is 35.5. The topological polar surface area (TPSA) is 37.4 Å². The largest absolute Gasteiger partial charge is 0.487 e. The van der Waals surface area contributed by atoms with E-state index in [2.05, 4.69) is 39.5 Å². The Morgan fingerprint density at radius 3 is 2.65 bits per heavy atom. The molecule has 0 saturated carbocycles. The number of piperidine rings is 1. The van der Waals surface area contributed by atoms with Crippen LogP contribution >= 0.6 is 24.8 Å². The maximum atomic E-state index is 5.82. The highest BCUT2D eigenvalue weighted by Gasteiger charge is 2.30. The van der Waals surface area contributed by atoms with E-state index in [1.807, 2.05) is 18.2 Å². The summed E-state index contributed by atoms with van der Waals surface area (Å²) in [6.45, 7) is 5.12.